The maximum absolute atomic E-state index is 12.5. The van der Waals surface area contributed by atoms with Crippen molar-refractivity contribution in [2.45, 2.75) is 25.2 Å². The van der Waals surface area contributed by atoms with Crippen LogP contribution in [0.5, 0.6) is 5.75 Å². The number of fused-ring (bicyclic) bond motifs is 1. The highest BCUT2D eigenvalue weighted by molar-refractivity contribution is 7.99. The van der Waals surface area contributed by atoms with Gasteiger partial charge in [-0.05, 0) is 36.8 Å². The zero-order chi connectivity index (χ0) is 24.7. The lowest BCUT2D eigenvalue weighted by Crippen LogP contribution is -2.24. The molecule has 8 heteroatoms. The zero-order valence-corrected chi connectivity index (χ0v) is 20.6. The second kappa shape index (κ2) is 11.0. The van der Waals surface area contributed by atoms with Gasteiger partial charge in [0.2, 0.25) is 5.91 Å². The molecular weight excluding hydrogens is 470 g/mol. The molecule has 1 amide bonds. The van der Waals surface area contributed by atoms with Crippen molar-refractivity contribution in [2.24, 2.45) is 0 Å². The van der Waals surface area contributed by atoms with Gasteiger partial charge in [-0.1, -0.05) is 78.0 Å². The van der Waals surface area contributed by atoms with Crippen LogP contribution in [0.2, 0.25) is 0 Å². The normalized spacial score (nSPS) is 10.9. The number of hydrogen-bond acceptors (Lipinski definition) is 6. The Bertz CT molecular complexity index is 1460. The molecule has 2 heterocycles. The van der Waals surface area contributed by atoms with E-state index in [0.717, 1.165) is 22.2 Å². The second-order valence-corrected chi connectivity index (χ2v) is 9.18. The van der Waals surface area contributed by atoms with Gasteiger partial charge >= 0.3 is 0 Å². The van der Waals surface area contributed by atoms with Crippen LogP contribution in [0, 0.1) is 6.92 Å². The Morgan fingerprint density at radius 2 is 1.75 bits per heavy atom. The molecule has 0 radical (unpaired) electrons. The number of nitrogens with zero attached hydrogens (tertiary/aromatic N) is 4. The van der Waals surface area contributed by atoms with E-state index in [0.29, 0.717) is 23.3 Å². The monoisotopic (exact) mass is 495 g/mol. The van der Waals surface area contributed by atoms with Crippen LogP contribution in [0.25, 0.3) is 16.6 Å². The van der Waals surface area contributed by atoms with Crippen molar-refractivity contribution in [1.29, 1.82) is 0 Å². The highest BCUT2D eigenvalue weighted by atomic mass is 32.2. The van der Waals surface area contributed by atoms with E-state index in [9.17, 15) is 4.79 Å². The number of ether oxygens (including phenoxy) is 1. The van der Waals surface area contributed by atoms with Crippen LogP contribution in [0.15, 0.2) is 96.3 Å². The average molecular weight is 496 g/mol. The lowest BCUT2D eigenvalue weighted by molar-refractivity contribution is -0.118. The summed E-state index contributed by atoms with van der Waals surface area (Å²) in [5.74, 6) is 1.48. The van der Waals surface area contributed by atoms with E-state index >= 15 is 0 Å². The number of pyridine rings is 1. The summed E-state index contributed by atoms with van der Waals surface area (Å²) in [6, 6.07) is 27.7. The van der Waals surface area contributed by atoms with Gasteiger partial charge in [-0.25, -0.2) is 0 Å². The Labute approximate surface area is 213 Å². The van der Waals surface area contributed by atoms with Gasteiger partial charge < -0.3 is 10.1 Å². The molecule has 0 saturated carbocycles. The lowest BCUT2D eigenvalue weighted by Gasteiger charge is -2.12. The van der Waals surface area contributed by atoms with Crippen LogP contribution in [0.4, 0.5) is 0 Å². The summed E-state index contributed by atoms with van der Waals surface area (Å²) < 4.78 is 8.06. The first kappa shape index (κ1) is 23.6. The Morgan fingerprint density at radius 1 is 0.944 bits per heavy atom. The Hall–Kier alpha value is -4.17. The topological polar surface area (TPSA) is 81.9 Å². The van der Waals surface area contributed by atoms with E-state index in [4.69, 9.17) is 4.74 Å². The number of para-hydroxylation sites is 2. The van der Waals surface area contributed by atoms with Gasteiger partial charge in [0.15, 0.2) is 11.0 Å². The van der Waals surface area contributed by atoms with E-state index in [2.05, 4.69) is 20.5 Å². The summed E-state index contributed by atoms with van der Waals surface area (Å²) in [6.07, 6.45) is 1.75. The van der Waals surface area contributed by atoms with Crippen molar-refractivity contribution < 1.29 is 9.53 Å². The first-order chi connectivity index (χ1) is 17.7. The Morgan fingerprint density at radius 3 is 2.58 bits per heavy atom. The van der Waals surface area contributed by atoms with E-state index in [1.54, 1.807) is 6.20 Å². The van der Waals surface area contributed by atoms with Gasteiger partial charge in [-0.15, -0.1) is 10.2 Å². The molecule has 36 heavy (non-hydrogen) atoms. The highest BCUT2D eigenvalue weighted by Gasteiger charge is 2.17. The predicted molar refractivity (Wildman–Crippen MR) is 141 cm³/mol. The molecule has 1 N–H and O–H groups in total. The maximum atomic E-state index is 12.5. The van der Waals surface area contributed by atoms with Crippen molar-refractivity contribution in [3.05, 3.63) is 108 Å². The predicted octanol–water partition coefficient (Wildman–Crippen LogP) is 5.11. The molecule has 5 rings (SSSR count). The number of rotatable bonds is 9. The molecule has 0 aliphatic rings. The number of amides is 1. The van der Waals surface area contributed by atoms with Crippen LogP contribution in [0.3, 0.4) is 0 Å². The van der Waals surface area contributed by atoms with Crippen molar-refractivity contribution in [2.75, 3.05) is 5.75 Å². The largest absolute Gasteiger partial charge is 0.483 e. The molecule has 0 unspecified atom stereocenters. The summed E-state index contributed by atoms with van der Waals surface area (Å²) in [6.45, 7) is 2.74. The second-order valence-electron chi connectivity index (χ2n) is 8.24. The molecule has 180 valence electrons. The number of thioether (sulfide) groups is 1. The summed E-state index contributed by atoms with van der Waals surface area (Å²) in [5, 5.41) is 13.4. The van der Waals surface area contributed by atoms with Gasteiger partial charge in [0, 0.05) is 23.8 Å². The fourth-order valence-electron chi connectivity index (χ4n) is 3.75. The molecule has 0 aliphatic carbocycles. The molecule has 3 aromatic carbocycles. The van der Waals surface area contributed by atoms with Crippen molar-refractivity contribution in [3.63, 3.8) is 0 Å². The number of aryl methyl sites for hydroxylation is 1. The first-order valence-electron chi connectivity index (χ1n) is 11.6. The van der Waals surface area contributed by atoms with Gasteiger partial charge in [0.25, 0.3) is 0 Å². The summed E-state index contributed by atoms with van der Waals surface area (Å²) in [7, 11) is 0. The Kier molecular flexibility index (Phi) is 7.23. The molecule has 0 fully saturated rings. The molecule has 0 atom stereocenters. The highest BCUT2D eigenvalue weighted by Crippen LogP contribution is 2.26. The maximum Gasteiger partial charge on any atom is 0.230 e. The molecule has 0 saturated heterocycles. The van der Waals surface area contributed by atoms with E-state index in [1.807, 2.05) is 96.4 Å². The zero-order valence-electron chi connectivity index (χ0n) is 19.8. The Balaban J connectivity index is 1.30. The minimum absolute atomic E-state index is 0.0668. The van der Waals surface area contributed by atoms with Gasteiger partial charge in [-0.3, -0.25) is 14.3 Å². The number of aromatic nitrogens is 4. The molecule has 0 spiro atoms. The molecule has 5 aromatic rings. The third-order valence-corrected chi connectivity index (χ3v) is 6.54. The van der Waals surface area contributed by atoms with Crippen LogP contribution in [-0.2, 0) is 17.9 Å². The fraction of sp³-hybridized carbons (Fsp3) is 0.143. The molecule has 0 bridgehead atoms. The number of nitrogens with one attached hydrogen (secondary N) is 1. The van der Waals surface area contributed by atoms with Crippen molar-refractivity contribution in [1.82, 2.24) is 25.1 Å². The molecule has 0 aliphatic heterocycles. The smallest absolute Gasteiger partial charge is 0.230 e. The molecule has 7 nitrogen and oxygen atoms in total. The average Bonchev–Trinajstić information content (AvgIpc) is 3.33. The lowest BCUT2D eigenvalue weighted by atomic mass is 10.1. The van der Waals surface area contributed by atoms with Gasteiger partial charge in [0.1, 0.15) is 17.9 Å². The number of carbonyl (C=O) groups is 1. The number of carbonyl (C=O) groups excluding carboxylic acids is 1. The SMILES string of the molecule is Cc1ccc(CNC(=O)CSc2nnc(COc3cccc4cccnc34)n2-c2ccccc2)cc1. The summed E-state index contributed by atoms with van der Waals surface area (Å²) in [4.78, 5) is 17.0. The minimum Gasteiger partial charge on any atom is -0.483 e. The van der Waals surface area contributed by atoms with E-state index in [1.165, 1.54) is 17.3 Å². The minimum atomic E-state index is -0.0668. The molecule has 2 aromatic heterocycles. The molecular formula is C28H25N5O2S. The number of hydrogen-bond donors (Lipinski definition) is 1. The van der Waals surface area contributed by atoms with Crippen LogP contribution >= 0.6 is 11.8 Å². The third kappa shape index (κ3) is 5.55. The van der Waals surface area contributed by atoms with E-state index < -0.39 is 0 Å². The van der Waals surface area contributed by atoms with Crippen molar-refractivity contribution in [3.8, 4) is 11.4 Å². The van der Waals surface area contributed by atoms with Crippen LogP contribution in [-0.4, -0.2) is 31.4 Å². The number of benzene rings is 3. The van der Waals surface area contributed by atoms with Gasteiger partial charge in [-0.2, -0.15) is 0 Å². The standard InChI is InChI=1S/C28H25N5O2S/c1-20-12-14-21(15-13-20)17-30-26(34)19-36-28-32-31-25(33(28)23-9-3-2-4-10-23)18-35-24-11-5-7-22-8-6-16-29-27(22)24/h2-16H,17-19H2,1H3,(H,30,34). The third-order valence-electron chi connectivity index (χ3n) is 5.61. The van der Waals surface area contributed by atoms with Crippen molar-refractivity contribution >= 4 is 28.6 Å². The van der Waals surface area contributed by atoms with Crippen LogP contribution < -0.4 is 10.1 Å². The fourth-order valence-corrected chi connectivity index (χ4v) is 4.55. The quantitative estimate of drug-likeness (QED) is 0.286. The van der Waals surface area contributed by atoms with Gasteiger partial charge in [0.05, 0.1) is 5.75 Å². The van der Waals surface area contributed by atoms with E-state index in [-0.39, 0.29) is 18.3 Å². The summed E-state index contributed by atoms with van der Waals surface area (Å²) >= 11 is 1.34. The summed E-state index contributed by atoms with van der Waals surface area (Å²) in [5.41, 5.74) is 3.96. The first-order valence-corrected chi connectivity index (χ1v) is 12.6. The van der Waals surface area contributed by atoms with Crippen LogP contribution in [0.1, 0.15) is 17.0 Å².